The van der Waals surface area contributed by atoms with E-state index in [0.29, 0.717) is 18.2 Å². The molecule has 0 atom stereocenters. The monoisotopic (exact) mass is 247 g/mol. The molecule has 17 heavy (non-hydrogen) atoms. The van der Waals surface area contributed by atoms with Gasteiger partial charge in [0.2, 0.25) is 0 Å². The van der Waals surface area contributed by atoms with Gasteiger partial charge in [0.15, 0.2) is 0 Å². The van der Waals surface area contributed by atoms with Gasteiger partial charge in [-0.25, -0.2) is 0 Å². The molecule has 0 saturated heterocycles. The highest BCUT2D eigenvalue weighted by Crippen LogP contribution is 2.38. The van der Waals surface area contributed by atoms with Gasteiger partial charge in [-0.05, 0) is 30.4 Å². The molecule has 0 aromatic carbocycles. The Morgan fingerprint density at radius 3 is 3.18 bits per heavy atom. The second kappa shape index (κ2) is 4.33. The van der Waals surface area contributed by atoms with Crippen LogP contribution in [0.25, 0.3) is 0 Å². The molecular formula is C12H13N3OS. The molecule has 0 unspecified atom stereocenters. The molecule has 1 fully saturated rings. The molecule has 2 heterocycles. The van der Waals surface area contributed by atoms with Crippen LogP contribution in [0.4, 0.5) is 0 Å². The van der Waals surface area contributed by atoms with Crippen molar-refractivity contribution >= 4 is 17.2 Å². The molecule has 4 nitrogen and oxygen atoms in total. The van der Waals surface area contributed by atoms with Crippen LogP contribution in [0.1, 0.15) is 39.8 Å². The first-order valence-electron chi connectivity index (χ1n) is 5.69. The van der Waals surface area contributed by atoms with E-state index in [4.69, 9.17) is 0 Å². The third-order valence-electron chi connectivity index (χ3n) is 2.85. The summed E-state index contributed by atoms with van der Waals surface area (Å²) in [7, 11) is 0. The zero-order valence-electron chi connectivity index (χ0n) is 9.27. The van der Waals surface area contributed by atoms with Crippen LogP contribution in [-0.2, 0) is 6.54 Å². The molecule has 1 amide bonds. The van der Waals surface area contributed by atoms with E-state index in [1.807, 2.05) is 23.6 Å². The Balaban J connectivity index is 1.60. The van der Waals surface area contributed by atoms with Crippen LogP contribution >= 0.6 is 11.3 Å². The number of nitrogens with zero attached hydrogens (tertiary/aromatic N) is 1. The fourth-order valence-corrected chi connectivity index (χ4v) is 2.37. The van der Waals surface area contributed by atoms with Crippen molar-refractivity contribution in [3.8, 4) is 0 Å². The third-order valence-corrected chi connectivity index (χ3v) is 3.73. The lowest BCUT2D eigenvalue weighted by molar-refractivity contribution is 0.0946. The predicted molar refractivity (Wildman–Crippen MR) is 66.1 cm³/mol. The molecule has 1 aliphatic rings. The fourth-order valence-electron chi connectivity index (χ4n) is 1.73. The third kappa shape index (κ3) is 2.39. The Morgan fingerprint density at radius 2 is 2.47 bits per heavy atom. The summed E-state index contributed by atoms with van der Waals surface area (Å²) in [4.78, 5) is 13.0. The van der Waals surface area contributed by atoms with Crippen molar-refractivity contribution in [2.75, 3.05) is 0 Å². The van der Waals surface area contributed by atoms with E-state index < -0.39 is 0 Å². The summed E-state index contributed by atoms with van der Waals surface area (Å²) in [6, 6.07) is 5.85. The van der Waals surface area contributed by atoms with Crippen molar-refractivity contribution in [3.05, 3.63) is 39.8 Å². The zero-order chi connectivity index (χ0) is 11.7. The average Bonchev–Trinajstić information content (AvgIpc) is 2.88. The quantitative estimate of drug-likeness (QED) is 0.870. The van der Waals surface area contributed by atoms with Crippen LogP contribution in [0.15, 0.2) is 23.6 Å². The van der Waals surface area contributed by atoms with Crippen LogP contribution in [0.3, 0.4) is 0 Å². The minimum Gasteiger partial charge on any atom is -0.346 e. The first kappa shape index (κ1) is 10.5. The molecule has 1 saturated carbocycles. The smallest absolute Gasteiger partial charge is 0.272 e. The van der Waals surface area contributed by atoms with Crippen LogP contribution in [0.2, 0.25) is 0 Å². The summed E-state index contributed by atoms with van der Waals surface area (Å²) >= 11 is 1.64. The van der Waals surface area contributed by atoms with Gasteiger partial charge < -0.3 is 5.32 Å². The van der Waals surface area contributed by atoms with Crippen LogP contribution in [-0.4, -0.2) is 16.1 Å². The van der Waals surface area contributed by atoms with Crippen molar-refractivity contribution in [2.24, 2.45) is 0 Å². The number of nitrogens with one attached hydrogen (secondary N) is 2. The van der Waals surface area contributed by atoms with Crippen molar-refractivity contribution in [1.29, 1.82) is 0 Å². The Kier molecular flexibility index (Phi) is 2.68. The number of aromatic amines is 1. The lowest BCUT2D eigenvalue weighted by atomic mass is 10.2. The highest BCUT2D eigenvalue weighted by Gasteiger charge is 2.26. The van der Waals surface area contributed by atoms with E-state index in [-0.39, 0.29) is 5.91 Å². The van der Waals surface area contributed by atoms with Crippen molar-refractivity contribution in [1.82, 2.24) is 15.5 Å². The number of hydrogen-bond donors (Lipinski definition) is 2. The van der Waals surface area contributed by atoms with E-state index >= 15 is 0 Å². The number of rotatable bonds is 4. The topological polar surface area (TPSA) is 57.8 Å². The van der Waals surface area contributed by atoms with Crippen LogP contribution < -0.4 is 5.32 Å². The van der Waals surface area contributed by atoms with Gasteiger partial charge in [0, 0.05) is 16.5 Å². The maximum Gasteiger partial charge on any atom is 0.272 e. The standard InChI is InChI=1S/C12H13N3OS/c16-12(13-7-9-2-1-5-17-9)11-6-10(14-15-11)8-3-4-8/h1-2,5-6,8H,3-4,7H2,(H,13,16)(H,14,15). The molecule has 2 N–H and O–H groups in total. The normalized spacial score (nSPS) is 14.8. The average molecular weight is 247 g/mol. The summed E-state index contributed by atoms with van der Waals surface area (Å²) in [6.45, 7) is 0.572. The maximum atomic E-state index is 11.8. The Bertz CT molecular complexity index is 514. The molecule has 88 valence electrons. The zero-order valence-corrected chi connectivity index (χ0v) is 10.1. The summed E-state index contributed by atoms with van der Waals surface area (Å²) in [5.41, 5.74) is 1.58. The minimum absolute atomic E-state index is 0.110. The number of amides is 1. The van der Waals surface area contributed by atoms with Gasteiger partial charge >= 0.3 is 0 Å². The Labute approximate surface area is 103 Å². The Hall–Kier alpha value is -1.62. The predicted octanol–water partition coefficient (Wildman–Crippen LogP) is 2.28. The summed E-state index contributed by atoms with van der Waals surface area (Å²) < 4.78 is 0. The number of hydrogen-bond acceptors (Lipinski definition) is 3. The molecule has 3 rings (SSSR count). The molecule has 0 bridgehead atoms. The van der Waals surface area contributed by atoms with E-state index in [1.165, 1.54) is 12.8 Å². The number of carbonyl (C=O) groups is 1. The molecule has 2 aromatic heterocycles. The van der Waals surface area contributed by atoms with Gasteiger partial charge in [-0.1, -0.05) is 6.07 Å². The molecule has 0 aliphatic heterocycles. The number of carbonyl (C=O) groups excluding carboxylic acids is 1. The van der Waals surface area contributed by atoms with E-state index in [0.717, 1.165) is 10.6 Å². The summed E-state index contributed by atoms with van der Waals surface area (Å²) in [5.74, 6) is 0.489. The second-order valence-corrected chi connectivity index (χ2v) is 5.28. The lowest BCUT2D eigenvalue weighted by Crippen LogP contribution is -2.22. The molecule has 2 aromatic rings. The van der Waals surface area contributed by atoms with Gasteiger partial charge in [-0.2, -0.15) is 5.10 Å². The first-order chi connectivity index (χ1) is 8.33. The van der Waals surface area contributed by atoms with Gasteiger partial charge in [0.05, 0.1) is 6.54 Å². The number of H-pyrrole nitrogens is 1. The van der Waals surface area contributed by atoms with Crippen molar-refractivity contribution in [2.45, 2.75) is 25.3 Å². The van der Waals surface area contributed by atoms with Crippen molar-refractivity contribution in [3.63, 3.8) is 0 Å². The maximum absolute atomic E-state index is 11.8. The van der Waals surface area contributed by atoms with E-state index in [1.54, 1.807) is 11.3 Å². The SMILES string of the molecule is O=C(NCc1cccs1)c1cc(C2CC2)[nH]n1. The van der Waals surface area contributed by atoms with E-state index in [9.17, 15) is 4.79 Å². The van der Waals surface area contributed by atoms with E-state index in [2.05, 4.69) is 15.5 Å². The van der Waals surface area contributed by atoms with Gasteiger partial charge in [-0.3, -0.25) is 9.89 Å². The molecular weight excluding hydrogens is 234 g/mol. The molecule has 0 spiro atoms. The largest absolute Gasteiger partial charge is 0.346 e. The second-order valence-electron chi connectivity index (χ2n) is 4.24. The Morgan fingerprint density at radius 1 is 1.59 bits per heavy atom. The van der Waals surface area contributed by atoms with Gasteiger partial charge in [0.1, 0.15) is 5.69 Å². The lowest BCUT2D eigenvalue weighted by Gasteiger charge is -1.99. The highest BCUT2D eigenvalue weighted by atomic mass is 32.1. The molecule has 0 radical (unpaired) electrons. The molecule has 5 heteroatoms. The van der Waals surface area contributed by atoms with Gasteiger partial charge in [0.25, 0.3) is 5.91 Å². The number of thiophene rings is 1. The van der Waals surface area contributed by atoms with Crippen LogP contribution in [0.5, 0.6) is 0 Å². The highest BCUT2D eigenvalue weighted by molar-refractivity contribution is 7.09. The minimum atomic E-state index is -0.110. The van der Waals surface area contributed by atoms with Crippen LogP contribution in [0, 0.1) is 0 Å². The number of aromatic nitrogens is 2. The fraction of sp³-hybridized carbons (Fsp3) is 0.333. The first-order valence-corrected chi connectivity index (χ1v) is 6.57. The van der Waals surface area contributed by atoms with Gasteiger partial charge in [-0.15, -0.1) is 11.3 Å². The summed E-state index contributed by atoms with van der Waals surface area (Å²) in [5, 5.41) is 11.8. The van der Waals surface area contributed by atoms with Crippen molar-refractivity contribution < 1.29 is 4.79 Å². The summed E-state index contributed by atoms with van der Waals surface area (Å²) in [6.07, 6.45) is 2.41. The molecule has 1 aliphatic carbocycles.